The van der Waals surface area contributed by atoms with Crippen LogP contribution in [0.5, 0.6) is 0 Å². The number of nitrogens with one attached hydrogen (secondary N) is 1. The molecule has 1 saturated carbocycles. The summed E-state index contributed by atoms with van der Waals surface area (Å²) in [5.41, 5.74) is 0. The van der Waals surface area contributed by atoms with Gasteiger partial charge in [-0.1, -0.05) is 13.8 Å². The Bertz CT molecular complexity index is 147. The van der Waals surface area contributed by atoms with E-state index < -0.39 is 0 Å². The molecule has 0 amide bonds. The molecule has 14 heavy (non-hydrogen) atoms. The number of rotatable bonds is 6. The van der Waals surface area contributed by atoms with E-state index >= 15 is 0 Å². The average Bonchev–Trinajstić information content (AvgIpc) is 2.60. The summed E-state index contributed by atoms with van der Waals surface area (Å²) in [6, 6.07) is 0.699. The summed E-state index contributed by atoms with van der Waals surface area (Å²) in [5, 5.41) is 3.32. The Kier molecular flexibility index (Phi) is 5.49. The summed E-state index contributed by atoms with van der Waals surface area (Å²) in [7, 11) is 2.05. The van der Waals surface area contributed by atoms with Crippen molar-refractivity contribution >= 4 is 0 Å². The van der Waals surface area contributed by atoms with Gasteiger partial charge in [-0.3, -0.25) is 0 Å². The monoisotopic (exact) mass is 199 g/mol. The molecule has 0 bridgehead atoms. The van der Waals surface area contributed by atoms with Crippen molar-refractivity contribution in [3.05, 3.63) is 0 Å². The maximum absolute atomic E-state index is 5.85. The maximum Gasteiger partial charge on any atom is 0.0590 e. The Morgan fingerprint density at radius 1 is 1.36 bits per heavy atom. The Morgan fingerprint density at radius 3 is 2.71 bits per heavy atom. The normalized spacial score (nSPS) is 27.4. The predicted molar refractivity (Wildman–Crippen MR) is 60.5 cm³/mol. The van der Waals surface area contributed by atoms with E-state index in [1.807, 2.05) is 7.05 Å². The highest BCUT2D eigenvalue weighted by atomic mass is 16.5. The van der Waals surface area contributed by atoms with E-state index in [4.69, 9.17) is 4.74 Å². The molecule has 1 aliphatic rings. The molecule has 84 valence electrons. The van der Waals surface area contributed by atoms with Crippen molar-refractivity contribution in [1.82, 2.24) is 5.32 Å². The van der Waals surface area contributed by atoms with E-state index in [1.54, 1.807) is 0 Å². The zero-order chi connectivity index (χ0) is 10.4. The second-order valence-electron chi connectivity index (χ2n) is 4.83. The van der Waals surface area contributed by atoms with Gasteiger partial charge in [-0.15, -0.1) is 0 Å². The molecule has 0 aromatic heterocycles. The van der Waals surface area contributed by atoms with Crippen LogP contribution in [0.4, 0.5) is 0 Å². The Hall–Kier alpha value is -0.0800. The Labute approximate surface area is 88.4 Å². The van der Waals surface area contributed by atoms with Gasteiger partial charge in [-0.25, -0.2) is 0 Å². The zero-order valence-corrected chi connectivity index (χ0v) is 9.88. The first-order chi connectivity index (χ1) is 6.72. The fourth-order valence-electron chi connectivity index (χ4n) is 2.10. The molecule has 0 heterocycles. The maximum atomic E-state index is 5.85. The third-order valence-corrected chi connectivity index (χ3v) is 3.07. The molecule has 1 aliphatic carbocycles. The van der Waals surface area contributed by atoms with Crippen LogP contribution in [0, 0.1) is 5.92 Å². The summed E-state index contributed by atoms with van der Waals surface area (Å²) in [6.45, 7) is 5.50. The van der Waals surface area contributed by atoms with E-state index in [-0.39, 0.29) is 0 Å². The minimum absolute atomic E-state index is 0.527. The predicted octanol–water partition coefficient (Wildman–Crippen LogP) is 2.58. The third-order valence-electron chi connectivity index (χ3n) is 3.07. The lowest BCUT2D eigenvalue weighted by Gasteiger charge is -2.12. The van der Waals surface area contributed by atoms with E-state index in [9.17, 15) is 0 Å². The second kappa shape index (κ2) is 6.41. The minimum Gasteiger partial charge on any atom is -0.378 e. The van der Waals surface area contributed by atoms with E-state index in [2.05, 4.69) is 19.2 Å². The number of ether oxygens (including phenoxy) is 1. The van der Waals surface area contributed by atoms with Gasteiger partial charge >= 0.3 is 0 Å². The van der Waals surface area contributed by atoms with Gasteiger partial charge in [-0.05, 0) is 45.1 Å². The fourth-order valence-corrected chi connectivity index (χ4v) is 2.10. The van der Waals surface area contributed by atoms with Crippen molar-refractivity contribution < 1.29 is 4.74 Å². The van der Waals surface area contributed by atoms with Crippen LogP contribution in [-0.2, 0) is 4.74 Å². The van der Waals surface area contributed by atoms with Crippen molar-refractivity contribution in [3.63, 3.8) is 0 Å². The van der Waals surface area contributed by atoms with Crippen molar-refractivity contribution in [2.45, 2.75) is 58.1 Å². The van der Waals surface area contributed by atoms with Crippen molar-refractivity contribution in [3.8, 4) is 0 Å². The van der Waals surface area contributed by atoms with Crippen LogP contribution in [0.3, 0.4) is 0 Å². The van der Waals surface area contributed by atoms with Gasteiger partial charge in [0.1, 0.15) is 0 Å². The first kappa shape index (κ1) is 12.0. The molecule has 0 spiro atoms. The summed E-state index contributed by atoms with van der Waals surface area (Å²) in [6.07, 6.45) is 6.77. The molecule has 0 radical (unpaired) electrons. The lowest BCUT2D eigenvalue weighted by molar-refractivity contribution is 0.0530. The van der Waals surface area contributed by atoms with Crippen molar-refractivity contribution in [2.75, 3.05) is 13.7 Å². The van der Waals surface area contributed by atoms with Crippen LogP contribution in [0.15, 0.2) is 0 Å². The highest BCUT2D eigenvalue weighted by Crippen LogP contribution is 2.22. The summed E-state index contributed by atoms with van der Waals surface area (Å²) < 4.78 is 5.85. The molecule has 2 heteroatoms. The summed E-state index contributed by atoms with van der Waals surface area (Å²) >= 11 is 0. The van der Waals surface area contributed by atoms with Gasteiger partial charge in [0.2, 0.25) is 0 Å². The van der Waals surface area contributed by atoms with E-state index in [1.165, 1.54) is 32.1 Å². The number of hydrogen-bond donors (Lipinski definition) is 1. The Balaban J connectivity index is 1.97. The number of hydrogen-bond acceptors (Lipinski definition) is 2. The van der Waals surface area contributed by atoms with Crippen LogP contribution in [0.1, 0.15) is 46.0 Å². The lowest BCUT2D eigenvalue weighted by Crippen LogP contribution is -2.22. The molecule has 2 atom stereocenters. The Morgan fingerprint density at radius 2 is 2.14 bits per heavy atom. The molecule has 2 nitrogen and oxygen atoms in total. The van der Waals surface area contributed by atoms with Gasteiger partial charge in [0, 0.05) is 12.6 Å². The van der Waals surface area contributed by atoms with Gasteiger partial charge in [0.25, 0.3) is 0 Å². The first-order valence-electron chi connectivity index (χ1n) is 6.01. The molecular formula is C12H25NO. The molecule has 0 saturated heterocycles. The second-order valence-corrected chi connectivity index (χ2v) is 4.83. The average molecular weight is 199 g/mol. The topological polar surface area (TPSA) is 21.3 Å². The molecular weight excluding hydrogens is 174 g/mol. The fraction of sp³-hybridized carbons (Fsp3) is 1.00. The van der Waals surface area contributed by atoms with Crippen molar-refractivity contribution in [2.24, 2.45) is 5.92 Å². The van der Waals surface area contributed by atoms with Crippen LogP contribution in [0.2, 0.25) is 0 Å². The van der Waals surface area contributed by atoms with Crippen molar-refractivity contribution in [1.29, 1.82) is 0 Å². The van der Waals surface area contributed by atoms with E-state index in [0.717, 1.165) is 12.5 Å². The molecule has 2 unspecified atom stereocenters. The first-order valence-corrected chi connectivity index (χ1v) is 6.01. The van der Waals surface area contributed by atoms with Gasteiger partial charge in [0.15, 0.2) is 0 Å². The smallest absolute Gasteiger partial charge is 0.0590 e. The molecule has 1 N–H and O–H groups in total. The molecule has 0 aromatic carbocycles. The van der Waals surface area contributed by atoms with Crippen LogP contribution >= 0.6 is 0 Å². The summed E-state index contributed by atoms with van der Waals surface area (Å²) in [4.78, 5) is 0. The van der Waals surface area contributed by atoms with Crippen LogP contribution < -0.4 is 5.32 Å². The van der Waals surface area contributed by atoms with Crippen LogP contribution in [0.25, 0.3) is 0 Å². The van der Waals surface area contributed by atoms with Gasteiger partial charge in [-0.2, -0.15) is 0 Å². The molecule has 0 aliphatic heterocycles. The zero-order valence-electron chi connectivity index (χ0n) is 9.88. The van der Waals surface area contributed by atoms with E-state index in [0.29, 0.717) is 12.1 Å². The molecule has 1 fully saturated rings. The minimum atomic E-state index is 0.527. The summed E-state index contributed by atoms with van der Waals surface area (Å²) in [5.74, 6) is 0.812. The third kappa shape index (κ3) is 4.43. The largest absolute Gasteiger partial charge is 0.378 e. The highest BCUT2D eigenvalue weighted by molar-refractivity contribution is 4.79. The highest BCUT2D eigenvalue weighted by Gasteiger charge is 2.23. The van der Waals surface area contributed by atoms with Crippen LogP contribution in [-0.4, -0.2) is 25.8 Å². The standard InChI is InChI=1S/C12H25NO/c1-10(2)5-4-8-14-12-7-6-11(9-12)13-3/h10-13H,4-9H2,1-3H3. The molecule has 0 aromatic rings. The quantitative estimate of drug-likeness (QED) is 0.664. The molecule has 1 rings (SSSR count). The van der Waals surface area contributed by atoms with Gasteiger partial charge < -0.3 is 10.1 Å². The van der Waals surface area contributed by atoms with Gasteiger partial charge in [0.05, 0.1) is 6.10 Å². The lowest BCUT2D eigenvalue weighted by atomic mass is 10.1. The SMILES string of the molecule is CNC1CCC(OCCCC(C)C)C1.